The number of alkyl halides is 1. The van der Waals surface area contributed by atoms with Crippen LogP contribution in [0.5, 0.6) is 0 Å². The quantitative estimate of drug-likeness (QED) is 0.815. The van der Waals surface area contributed by atoms with Crippen molar-refractivity contribution in [3.63, 3.8) is 0 Å². The smallest absolute Gasteiger partial charge is 0.166 e. The Morgan fingerprint density at radius 2 is 2.19 bits per heavy atom. The van der Waals surface area contributed by atoms with Crippen molar-refractivity contribution in [3.8, 4) is 0 Å². The molecule has 0 aliphatic carbocycles. The molecule has 1 aromatic rings. The lowest BCUT2D eigenvalue weighted by Crippen LogP contribution is -2.24. The molecule has 0 spiro atoms. The van der Waals surface area contributed by atoms with Gasteiger partial charge in [-0.15, -0.1) is 11.6 Å². The van der Waals surface area contributed by atoms with Crippen molar-refractivity contribution in [2.45, 2.75) is 26.3 Å². The normalized spacial score (nSPS) is 12.9. The van der Waals surface area contributed by atoms with E-state index in [9.17, 15) is 4.39 Å². The van der Waals surface area contributed by atoms with E-state index in [0.717, 1.165) is 6.42 Å². The molecule has 1 aromatic heterocycles. The second-order valence-electron chi connectivity index (χ2n) is 4.11. The lowest BCUT2D eigenvalue weighted by atomic mass is 10.1. The predicted octanol–water partition coefficient (Wildman–Crippen LogP) is 3.94. The van der Waals surface area contributed by atoms with Crippen LogP contribution in [0.3, 0.4) is 0 Å². The largest absolute Gasteiger partial charge is 0.364 e. The van der Waals surface area contributed by atoms with Crippen molar-refractivity contribution >= 4 is 29.0 Å². The second-order valence-corrected chi connectivity index (χ2v) is 4.85. The molecule has 1 N–H and O–H groups in total. The maximum atomic E-state index is 13.4. The standard InChI is InChI=1S/C11H15Cl2FN2/c1-7(2)3-9(5-12)16-11-10(14)4-8(13)6-15-11/h4,6-7,9H,3,5H2,1-2H3,(H,15,16). The summed E-state index contributed by atoms with van der Waals surface area (Å²) in [7, 11) is 0. The number of aromatic nitrogens is 1. The first kappa shape index (κ1) is 13.5. The molecule has 0 aliphatic rings. The Kier molecular flexibility index (Phi) is 5.29. The van der Waals surface area contributed by atoms with Crippen LogP contribution in [0.1, 0.15) is 20.3 Å². The molecule has 0 saturated heterocycles. The summed E-state index contributed by atoms with van der Waals surface area (Å²) >= 11 is 11.4. The number of nitrogens with zero attached hydrogens (tertiary/aromatic N) is 1. The zero-order valence-corrected chi connectivity index (χ0v) is 10.8. The summed E-state index contributed by atoms with van der Waals surface area (Å²) in [5.41, 5.74) is 0. The molecule has 1 rings (SSSR count). The zero-order valence-electron chi connectivity index (χ0n) is 9.30. The van der Waals surface area contributed by atoms with Gasteiger partial charge < -0.3 is 5.32 Å². The Bertz CT molecular complexity index is 345. The van der Waals surface area contributed by atoms with E-state index in [1.807, 2.05) is 0 Å². The number of halogens is 3. The van der Waals surface area contributed by atoms with Crippen molar-refractivity contribution in [1.29, 1.82) is 0 Å². The van der Waals surface area contributed by atoms with Gasteiger partial charge in [0.25, 0.3) is 0 Å². The molecule has 90 valence electrons. The van der Waals surface area contributed by atoms with E-state index in [1.165, 1.54) is 12.3 Å². The molecule has 0 fully saturated rings. The summed E-state index contributed by atoms with van der Waals surface area (Å²) in [5, 5.41) is 3.27. The Morgan fingerprint density at radius 1 is 1.50 bits per heavy atom. The van der Waals surface area contributed by atoms with Gasteiger partial charge in [0.2, 0.25) is 0 Å². The topological polar surface area (TPSA) is 24.9 Å². The van der Waals surface area contributed by atoms with Gasteiger partial charge in [-0.2, -0.15) is 0 Å². The van der Waals surface area contributed by atoms with E-state index in [0.29, 0.717) is 11.8 Å². The maximum absolute atomic E-state index is 13.4. The van der Waals surface area contributed by atoms with Crippen LogP contribution in [-0.4, -0.2) is 16.9 Å². The highest BCUT2D eigenvalue weighted by molar-refractivity contribution is 6.30. The Balaban J connectivity index is 2.70. The number of pyridine rings is 1. The van der Waals surface area contributed by atoms with Crippen LogP contribution in [0.2, 0.25) is 5.02 Å². The van der Waals surface area contributed by atoms with Crippen LogP contribution in [-0.2, 0) is 0 Å². The fraction of sp³-hybridized carbons (Fsp3) is 0.545. The van der Waals surface area contributed by atoms with Gasteiger partial charge >= 0.3 is 0 Å². The summed E-state index contributed by atoms with van der Waals surface area (Å²) in [5.74, 6) is 0.663. The SMILES string of the molecule is CC(C)CC(CCl)Nc1ncc(Cl)cc1F. The molecule has 0 aromatic carbocycles. The molecule has 5 heteroatoms. The van der Waals surface area contributed by atoms with E-state index in [4.69, 9.17) is 23.2 Å². The first-order valence-corrected chi connectivity index (χ1v) is 6.07. The summed E-state index contributed by atoms with van der Waals surface area (Å²) in [6, 6.07) is 1.25. The molecule has 0 amide bonds. The third kappa shape index (κ3) is 4.14. The third-order valence-electron chi connectivity index (χ3n) is 2.09. The molecular formula is C11H15Cl2FN2. The molecule has 2 nitrogen and oxygen atoms in total. The van der Waals surface area contributed by atoms with Crippen LogP contribution in [0.15, 0.2) is 12.3 Å². The highest BCUT2D eigenvalue weighted by Crippen LogP contribution is 2.18. The van der Waals surface area contributed by atoms with E-state index in [-0.39, 0.29) is 16.9 Å². The van der Waals surface area contributed by atoms with Gasteiger partial charge in [0.1, 0.15) is 0 Å². The van der Waals surface area contributed by atoms with Crippen molar-refractivity contribution in [2.75, 3.05) is 11.2 Å². The Morgan fingerprint density at radius 3 is 2.69 bits per heavy atom. The van der Waals surface area contributed by atoms with Gasteiger partial charge in [0, 0.05) is 18.1 Å². The molecule has 0 bridgehead atoms. The van der Waals surface area contributed by atoms with Crippen molar-refractivity contribution in [1.82, 2.24) is 4.98 Å². The zero-order chi connectivity index (χ0) is 12.1. The molecule has 1 heterocycles. The van der Waals surface area contributed by atoms with Crippen LogP contribution < -0.4 is 5.32 Å². The number of nitrogens with one attached hydrogen (secondary N) is 1. The Labute approximate surface area is 105 Å². The predicted molar refractivity (Wildman–Crippen MR) is 66.8 cm³/mol. The minimum atomic E-state index is -0.452. The lowest BCUT2D eigenvalue weighted by molar-refractivity contribution is 0.536. The second kappa shape index (κ2) is 6.26. The van der Waals surface area contributed by atoms with Gasteiger partial charge in [-0.25, -0.2) is 9.37 Å². The van der Waals surface area contributed by atoms with E-state index >= 15 is 0 Å². The highest BCUT2D eigenvalue weighted by atomic mass is 35.5. The molecule has 1 atom stereocenters. The van der Waals surface area contributed by atoms with Crippen molar-refractivity contribution in [2.24, 2.45) is 5.92 Å². The molecule has 0 saturated carbocycles. The van der Waals surface area contributed by atoms with Crippen molar-refractivity contribution in [3.05, 3.63) is 23.1 Å². The monoisotopic (exact) mass is 264 g/mol. The third-order valence-corrected chi connectivity index (χ3v) is 2.67. The highest BCUT2D eigenvalue weighted by Gasteiger charge is 2.13. The first-order valence-electron chi connectivity index (χ1n) is 5.16. The lowest BCUT2D eigenvalue weighted by Gasteiger charge is -2.18. The first-order chi connectivity index (χ1) is 7.52. The van der Waals surface area contributed by atoms with Gasteiger partial charge in [-0.1, -0.05) is 25.4 Å². The summed E-state index contributed by atoms with van der Waals surface area (Å²) in [6.07, 6.45) is 2.28. The number of hydrogen-bond donors (Lipinski definition) is 1. The van der Waals surface area contributed by atoms with Crippen molar-refractivity contribution < 1.29 is 4.39 Å². The molecule has 0 aliphatic heterocycles. The van der Waals surface area contributed by atoms with Gasteiger partial charge in [-0.05, 0) is 18.4 Å². The van der Waals surface area contributed by atoms with Gasteiger partial charge in [0.05, 0.1) is 5.02 Å². The fourth-order valence-corrected chi connectivity index (χ4v) is 1.79. The van der Waals surface area contributed by atoms with E-state index in [1.54, 1.807) is 0 Å². The van der Waals surface area contributed by atoms with Crippen LogP contribution in [0.25, 0.3) is 0 Å². The number of hydrogen-bond acceptors (Lipinski definition) is 2. The fourth-order valence-electron chi connectivity index (χ4n) is 1.44. The Hall–Kier alpha value is -0.540. The van der Waals surface area contributed by atoms with Crippen LogP contribution in [0, 0.1) is 11.7 Å². The summed E-state index contributed by atoms with van der Waals surface area (Å²) in [6.45, 7) is 4.18. The van der Waals surface area contributed by atoms with E-state index < -0.39 is 5.82 Å². The number of anilines is 1. The summed E-state index contributed by atoms with van der Waals surface area (Å²) in [4.78, 5) is 3.90. The van der Waals surface area contributed by atoms with E-state index in [2.05, 4.69) is 24.1 Å². The average Bonchev–Trinajstić information content (AvgIpc) is 2.20. The molecule has 0 radical (unpaired) electrons. The minimum Gasteiger partial charge on any atom is -0.364 e. The van der Waals surface area contributed by atoms with Crippen LogP contribution >= 0.6 is 23.2 Å². The molecule has 16 heavy (non-hydrogen) atoms. The van der Waals surface area contributed by atoms with Gasteiger partial charge in [0.15, 0.2) is 11.6 Å². The molecule has 1 unspecified atom stereocenters. The molecular weight excluding hydrogens is 250 g/mol. The van der Waals surface area contributed by atoms with Crippen LogP contribution in [0.4, 0.5) is 10.2 Å². The summed E-state index contributed by atoms with van der Waals surface area (Å²) < 4.78 is 13.4. The maximum Gasteiger partial charge on any atom is 0.166 e. The number of rotatable bonds is 5. The average molecular weight is 265 g/mol. The van der Waals surface area contributed by atoms with Gasteiger partial charge in [-0.3, -0.25) is 0 Å². The minimum absolute atomic E-state index is 0.0184.